The molecule has 1 aromatic carbocycles. The predicted molar refractivity (Wildman–Crippen MR) is 89.3 cm³/mol. The average Bonchev–Trinajstić information content (AvgIpc) is 3.13. The van der Waals surface area contributed by atoms with Gasteiger partial charge in [0.15, 0.2) is 0 Å². The molecule has 1 amide bonds. The number of carboxylic acid groups (broad SMARTS) is 1. The molecule has 1 atom stereocenters. The summed E-state index contributed by atoms with van der Waals surface area (Å²) < 4.78 is 31.2. The van der Waals surface area contributed by atoms with Crippen molar-refractivity contribution in [1.29, 1.82) is 0 Å². The molecular weight excluding hydrogens is 362 g/mol. The second-order valence-electron chi connectivity index (χ2n) is 5.56. The summed E-state index contributed by atoms with van der Waals surface area (Å²) >= 11 is 0. The Bertz CT molecular complexity index is 988. The molecule has 2 aromatic heterocycles. The molecule has 8 nitrogen and oxygen atoms in total. The third-order valence-corrected chi connectivity index (χ3v) is 3.75. The molecule has 3 rings (SSSR count). The van der Waals surface area contributed by atoms with Crippen LogP contribution in [0.15, 0.2) is 57.9 Å². The number of rotatable bonds is 6. The number of nitrogens with zero attached hydrogens (tertiary/aromatic N) is 3. The van der Waals surface area contributed by atoms with E-state index in [1.54, 1.807) is 30.3 Å². The van der Waals surface area contributed by atoms with Gasteiger partial charge in [-0.05, 0) is 11.6 Å². The maximum atomic E-state index is 12.5. The standard InChI is InChI=1S/C17H14F2N4O4/c18-14(19)16-22-21-15(27-16)11-6-7-23(13(24)8-11)9-12(20-17(25)26)10-4-2-1-3-5-10/h1-8,12,14,20H,9H2,(H,25,26). The number of benzene rings is 1. The van der Waals surface area contributed by atoms with Crippen LogP contribution >= 0.6 is 0 Å². The van der Waals surface area contributed by atoms with Crippen LogP contribution in [0.25, 0.3) is 11.5 Å². The minimum absolute atomic E-state index is 0.0432. The van der Waals surface area contributed by atoms with Crippen LogP contribution in [0.5, 0.6) is 0 Å². The summed E-state index contributed by atoms with van der Waals surface area (Å²) in [6, 6.07) is 10.7. The quantitative estimate of drug-likeness (QED) is 0.684. The van der Waals surface area contributed by atoms with Gasteiger partial charge in [0.25, 0.3) is 11.4 Å². The number of aromatic nitrogens is 3. The van der Waals surface area contributed by atoms with Crippen molar-refractivity contribution in [2.45, 2.75) is 19.0 Å². The predicted octanol–water partition coefficient (Wildman–Crippen LogP) is 2.84. The molecular formula is C17H14F2N4O4. The molecule has 10 heteroatoms. The molecule has 0 spiro atoms. The largest absolute Gasteiger partial charge is 0.465 e. The van der Waals surface area contributed by atoms with E-state index in [-0.39, 0.29) is 18.0 Å². The summed E-state index contributed by atoms with van der Waals surface area (Å²) in [5.74, 6) is -1.03. The van der Waals surface area contributed by atoms with Crippen LogP contribution in [0.1, 0.15) is 23.9 Å². The van der Waals surface area contributed by atoms with E-state index in [0.29, 0.717) is 5.56 Å². The van der Waals surface area contributed by atoms with Crippen LogP contribution < -0.4 is 10.9 Å². The highest BCUT2D eigenvalue weighted by molar-refractivity contribution is 5.65. The molecule has 0 fully saturated rings. The van der Waals surface area contributed by atoms with E-state index in [1.165, 1.54) is 16.8 Å². The van der Waals surface area contributed by atoms with Gasteiger partial charge < -0.3 is 19.4 Å². The Kier molecular flexibility index (Phi) is 5.25. The van der Waals surface area contributed by atoms with Gasteiger partial charge in [-0.15, -0.1) is 10.2 Å². The first-order valence-electron chi connectivity index (χ1n) is 7.81. The highest BCUT2D eigenvalue weighted by Crippen LogP contribution is 2.22. The molecule has 2 heterocycles. The Labute approximate surface area is 151 Å². The second-order valence-corrected chi connectivity index (χ2v) is 5.56. The zero-order valence-corrected chi connectivity index (χ0v) is 13.8. The van der Waals surface area contributed by atoms with Gasteiger partial charge in [-0.1, -0.05) is 30.3 Å². The first-order chi connectivity index (χ1) is 12.9. The lowest BCUT2D eigenvalue weighted by molar-refractivity contribution is 0.116. The maximum absolute atomic E-state index is 12.5. The lowest BCUT2D eigenvalue weighted by atomic mass is 10.1. The SMILES string of the molecule is O=C(O)NC(Cn1ccc(-c2nnc(C(F)F)o2)cc1=O)c1ccccc1. The fourth-order valence-corrected chi connectivity index (χ4v) is 2.50. The molecule has 0 aliphatic heterocycles. The second kappa shape index (κ2) is 7.77. The van der Waals surface area contributed by atoms with Crippen LogP contribution in [0.2, 0.25) is 0 Å². The van der Waals surface area contributed by atoms with Crippen molar-refractivity contribution in [3.05, 3.63) is 70.5 Å². The topological polar surface area (TPSA) is 110 Å². The summed E-state index contributed by atoms with van der Waals surface area (Å²) in [6.45, 7) is 0.0432. The van der Waals surface area contributed by atoms with E-state index in [0.717, 1.165) is 6.07 Å². The van der Waals surface area contributed by atoms with E-state index in [2.05, 4.69) is 15.5 Å². The normalized spacial score (nSPS) is 12.1. The fraction of sp³-hybridized carbons (Fsp3) is 0.176. The van der Waals surface area contributed by atoms with E-state index in [9.17, 15) is 18.4 Å². The van der Waals surface area contributed by atoms with Crippen molar-refractivity contribution in [3.8, 4) is 11.5 Å². The maximum Gasteiger partial charge on any atom is 0.405 e. The molecule has 1 unspecified atom stereocenters. The zero-order chi connectivity index (χ0) is 19.4. The summed E-state index contributed by atoms with van der Waals surface area (Å²) in [5.41, 5.74) is 0.407. The monoisotopic (exact) mass is 376 g/mol. The van der Waals surface area contributed by atoms with Crippen molar-refractivity contribution < 1.29 is 23.1 Å². The van der Waals surface area contributed by atoms with Gasteiger partial charge in [0, 0.05) is 17.8 Å². The summed E-state index contributed by atoms with van der Waals surface area (Å²) in [5, 5.41) is 18.1. The average molecular weight is 376 g/mol. The first kappa shape index (κ1) is 18.2. The summed E-state index contributed by atoms with van der Waals surface area (Å²) in [4.78, 5) is 23.4. The van der Waals surface area contributed by atoms with Crippen LogP contribution in [-0.4, -0.2) is 26.0 Å². The number of hydrogen-bond acceptors (Lipinski definition) is 5. The molecule has 0 saturated heterocycles. The van der Waals surface area contributed by atoms with Crippen molar-refractivity contribution in [1.82, 2.24) is 20.1 Å². The van der Waals surface area contributed by atoms with Crippen molar-refractivity contribution in [3.63, 3.8) is 0 Å². The van der Waals surface area contributed by atoms with Gasteiger partial charge in [0.05, 0.1) is 12.6 Å². The highest BCUT2D eigenvalue weighted by Gasteiger charge is 2.18. The Morgan fingerprint density at radius 1 is 1.22 bits per heavy atom. The lowest BCUT2D eigenvalue weighted by Gasteiger charge is -2.18. The number of hydrogen-bond donors (Lipinski definition) is 2. The lowest BCUT2D eigenvalue weighted by Crippen LogP contribution is -2.33. The Balaban J connectivity index is 1.85. The Morgan fingerprint density at radius 2 is 1.96 bits per heavy atom. The number of nitrogens with one attached hydrogen (secondary N) is 1. The first-order valence-corrected chi connectivity index (χ1v) is 7.81. The van der Waals surface area contributed by atoms with Crippen molar-refractivity contribution in [2.24, 2.45) is 0 Å². The van der Waals surface area contributed by atoms with Crippen LogP contribution in [0.4, 0.5) is 13.6 Å². The summed E-state index contributed by atoms with van der Waals surface area (Å²) in [6.07, 6.45) is -2.72. The molecule has 0 bridgehead atoms. The van der Waals surface area contributed by atoms with Gasteiger partial charge in [0.1, 0.15) is 0 Å². The van der Waals surface area contributed by atoms with Gasteiger partial charge in [-0.3, -0.25) is 4.79 Å². The molecule has 140 valence electrons. The molecule has 0 radical (unpaired) electrons. The number of halogens is 2. The molecule has 0 aliphatic rings. The Morgan fingerprint density at radius 3 is 2.56 bits per heavy atom. The molecule has 27 heavy (non-hydrogen) atoms. The van der Waals surface area contributed by atoms with Crippen LogP contribution in [-0.2, 0) is 6.54 Å². The number of amides is 1. The molecule has 2 N–H and O–H groups in total. The third kappa shape index (κ3) is 4.35. The van der Waals surface area contributed by atoms with Crippen LogP contribution in [0.3, 0.4) is 0 Å². The third-order valence-electron chi connectivity index (χ3n) is 3.75. The highest BCUT2D eigenvalue weighted by atomic mass is 19.3. The van der Waals surface area contributed by atoms with E-state index in [4.69, 9.17) is 9.52 Å². The number of pyridine rings is 1. The van der Waals surface area contributed by atoms with Gasteiger partial charge in [-0.25, -0.2) is 4.79 Å². The molecule has 0 saturated carbocycles. The number of alkyl halides is 2. The zero-order valence-electron chi connectivity index (χ0n) is 13.8. The number of carbonyl (C=O) groups is 1. The smallest absolute Gasteiger partial charge is 0.405 e. The van der Waals surface area contributed by atoms with Crippen molar-refractivity contribution >= 4 is 6.09 Å². The van der Waals surface area contributed by atoms with E-state index >= 15 is 0 Å². The fourth-order valence-electron chi connectivity index (χ4n) is 2.50. The summed E-state index contributed by atoms with van der Waals surface area (Å²) in [7, 11) is 0. The van der Waals surface area contributed by atoms with E-state index in [1.807, 2.05) is 0 Å². The minimum atomic E-state index is -2.90. The molecule has 0 aliphatic carbocycles. The van der Waals surface area contributed by atoms with Crippen molar-refractivity contribution in [2.75, 3.05) is 0 Å². The van der Waals surface area contributed by atoms with Gasteiger partial charge >= 0.3 is 12.5 Å². The van der Waals surface area contributed by atoms with Gasteiger partial charge in [0.2, 0.25) is 5.89 Å². The van der Waals surface area contributed by atoms with Gasteiger partial charge in [-0.2, -0.15) is 8.78 Å². The minimum Gasteiger partial charge on any atom is -0.465 e. The van der Waals surface area contributed by atoms with Crippen LogP contribution in [0, 0.1) is 0 Å². The molecule has 3 aromatic rings. The van der Waals surface area contributed by atoms with E-state index < -0.39 is 30.0 Å². The Hall–Kier alpha value is -3.56.